The molecule has 4 fully saturated rings. The number of carbonyl (C=O) groups is 1. The van der Waals surface area contributed by atoms with Crippen molar-refractivity contribution in [2.75, 3.05) is 13.2 Å². The average molecular weight is 338 g/mol. The zero-order valence-electron chi connectivity index (χ0n) is 15.1. The first-order valence-electron chi connectivity index (χ1n) is 9.52. The molecule has 2 saturated heterocycles. The van der Waals surface area contributed by atoms with Crippen LogP contribution in [0.15, 0.2) is 0 Å². The molecule has 0 aromatic heterocycles. The summed E-state index contributed by atoms with van der Waals surface area (Å²) in [6.07, 6.45) is 6.58. The van der Waals surface area contributed by atoms with Crippen LogP contribution < -0.4 is 0 Å². The molecule has 2 saturated carbocycles. The Bertz CT molecular complexity index is 508. The van der Waals surface area contributed by atoms with Gasteiger partial charge in [0.05, 0.1) is 35.9 Å². The first-order chi connectivity index (χ1) is 11.4. The van der Waals surface area contributed by atoms with E-state index in [0.717, 1.165) is 38.7 Å². The Morgan fingerprint density at radius 3 is 2.46 bits per heavy atom. The largest absolute Gasteiger partial charge is 0.460 e. The fourth-order valence-electron chi connectivity index (χ4n) is 4.46. The zero-order valence-corrected chi connectivity index (χ0v) is 15.1. The molecule has 2 aliphatic carbocycles. The first-order valence-corrected chi connectivity index (χ1v) is 9.52. The molecule has 2 aliphatic heterocycles. The van der Waals surface area contributed by atoms with Gasteiger partial charge < -0.3 is 18.9 Å². The van der Waals surface area contributed by atoms with Crippen molar-refractivity contribution >= 4 is 5.97 Å². The summed E-state index contributed by atoms with van der Waals surface area (Å²) in [5.74, 6) is 0.496. The number of rotatable bonds is 6. The van der Waals surface area contributed by atoms with Crippen molar-refractivity contribution in [3.63, 3.8) is 0 Å². The topological polar surface area (TPSA) is 60.6 Å². The summed E-state index contributed by atoms with van der Waals surface area (Å²) in [4.78, 5) is 12.3. The van der Waals surface area contributed by atoms with E-state index in [1.807, 2.05) is 6.92 Å². The normalized spacial score (nSPS) is 47.3. The number of fused-ring (bicyclic) bond motifs is 2. The van der Waals surface area contributed by atoms with Crippen molar-refractivity contribution < 1.29 is 23.7 Å². The van der Waals surface area contributed by atoms with Gasteiger partial charge in [0, 0.05) is 6.61 Å². The molecule has 0 bridgehead atoms. The maximum Gasteiger partial charge on any atom is 0.309 e. The van der Waals surface area contributed by atoms with Crippen molar-refractivity contribution in [1.82, 2.24) is 0 Å². The maximum absolute atomic E-state index is 12.3. The highest BCUT2D eigenvalue weighted by atomic mass is 16.6. The highest BCUT2D eigenvalue weighted by Crippen LogP contribution is 2.50. The number of epoxide rings is 2. The van der Waals surface area contributed by atoms with Gasteiger partial charge in [0.25, 0.3) is 0 Å². The lowest BCUT2D eigenvalue weighted by Gasteiger charge is -2.24. The van der Waals surface area contributed by atoms with Crippen LogP contribution >= 0.6 is 0 Å². The second-order valence-electron chi connectivity index (χ2n) is 8.73. The minimum atomic E-state index is -0.183. The lowest BCUT2D eigenvalue weighted by Crippen LogP contribution is -2.31. The standard InChI is InChI=1S/C19H30O5/c1-12(10-21-11-13-4-6-18(2)15(8-13)23-18)22-17(20)14-5-7-19(3)16(9-14)24-19/h12-16H,4-11H2,1-3H3. The SMILES string of the molecule is CC(COCC1CCC2(C)OC2C1)OC(=O)C1CCC2(C)OC2C1. The molecule has 0 amide bonds. The lowest BCUT2D eigenvalue weighted by atomic mass is 9.83. The minimum absolute atomic E-state index is 0.00365. The summed E-state index contributed by atoms with van der Waals surface area (Å²) in [5, 5.41) is 0. The van der Waals surface area contributed by atoms with E-state index < -0.39 is 0 Å². The molecule has 0 spiro atoms. The maximum atomic E-state index is 12.3. The summed E-state index contributed by atoms with van der Waals surface area (Å²) in [5.41, 5.74) is 0.216. The van der Waals surface area contributed by atoms with Gasteiger partial charge in [-0.05, 0) is 65.2 Å². The van der Waals surface area contributed by atoms with E-state index in [2.05, 4.69) is 13.8 Å². The molecule has 0 aromatic rings. The molecule has 0 aromatic carbocycles. The van der Waals surface area contributed by atoms with Crippen LogP contribution in [0.1, 0.15) is 59.3 Å². The molecule has 24 heavy (non-hydrogen) atoms. The fraction of sp³-hybridized carbons (Fsp3) is 0.947. The molecule has 0 N–H and O–H groups in total. The predicted octanol–water partition coefficient (Wildman–Crippen LogP) is 2.85. The van der Waals surface area contributed by atoms with Crippen LogP contribution in [0.3, 0.4) is 0 Å². The smallest absolute Gasteiger partial charge is 0.309 e. The fourth-order valence-corrected chi connectivity index (χ4v) is 4.46. The van der Waals surface area contributed by atoms with E-state index in [-0.39, 0.29) is 35.3 Å². The Morgan fingerprint density at radius 2 is 1.79 bits per heavy atom. The molecule has 4 rings (SSSR count). The van der Waals surface area contributed by atoms with Gasteiger partial charge >= 0.3 is 5.97 Å². The van der Waals surface area contributed by atoms with Gasteiger partial charge in [0.2, 0.25) is 0 Å². The van der Waals surface area contributed by atoms with Crippen LogP contribution in [0.5, 0.6) is 0 Å². The summed E-state index contributed by atoms with van der Waals surface area (Å²) in [6, 6.07) is 0. The van der Waals surface area contributed by atoms with Crippen LogP contribution in [0.25, 0.3) is 0 Å². The molecule has 4 aliphatic rings. The van der Waals surface area contributed by atoms with Gasteiger partial charge in [-0.25, -0.2) is 0 Å². The molecule has 5 heteroatoms. The van der Waals surface area contributed by atoms with Gasteiger partial charge in [0.1, 0.15) is 6.10 Å². The number of hydrogen-bond acceptors (Lipinski definition) is 5. The van der Waals surface area contributed by atoms with E-state index in [0.29, 0.717) is 18.6 Å². The summed E-state index contributed by atoms with van der Waals surface area (Å²) in [7, 11) is 0. The Balaban J connectivity index is 1.12. The average Bonchev–Trinajstić information content (AvgIpc) is 3.39. The van der Waals surface area contributed by atoms with E-state index in [1.54, 1.807) is 0 Å². The van der Waals surface area contributed by atoms with E-state index >= 15 is 0 Å². The van der Waals surface area contributed by atoms with E-state index in [1.165, 1.54) is 6.42 Å². The van der Waals surface area contributed by atoms with Crippen molar-refractivity contribution in [3.05, 3.63) is 0 Å². The quantitative estimate of drug-likeness (QED) is 0.550. The van der Waals surface area contributed by atoms with Gasteiger partial charge in [-0.3, -0.25) is 4.79 Å². The van der Waals surface area contributed by atoms with E-state index in [4.69, 9.17) is 18.9 Å². The monoisotopic (exact) mass is 338 g/mol. The van der Waals surface area contributed by atoms with Crippen molar-refractivity contribution in [3.8, 4) is 0 Å². The Morgan fingerprint density at radius 1 is 1.12 bits per heavy atom. The Kier molecular flexibility index (Phi) is 4.17. The summed E-state index contributed by atoms with van der Waals surface area (Å²) >= 11 is 0. The van der Waals surface area contributed by atoms with E-state index in [9.17, 15) is 4.79 Å². The second kappa shape index (κ2) is 5.96. The molecule has 136 valence electrons. The summed E-state index contributed by atoms with van der Waals surface area (Å²) in [6.45, 7) is 7.48. The molecule has 0 radical (unpaired) electrons. The Hall–Kier alpha value is -0.650. The summed E-state index contributed by atoms with van der Waals surface area (Å²) < 4.78 is 22.8. The molecule has 5 nitrogen and oxygen atoms in total. The van der Waals surface area contributed by atoms with Crippen LogP contribution in [-0.4, -0.2) is 48.7 Å². The van der Waals surface area contributed by atoms with Crippen LogP contribution in [-0.2, 0) is 23.7 Å². The lowest BCUT2D eigenvalue weighted by molar-refractivity contribution is -0.157. The molecule has 7 unspecified atom stereocenters. The zero-order chi connectivity index (χ0) is 16.9. The first kappa shape index (κ1) is 16.8. The number of hydrogen-bond donors (Lipinski definition) is 0. The highest BCUT2D eigenvalue weighted by molar-refractivity contribution is 5.73. The number of esters is 1. The third-order valence-corrected chi connectivity index (χ3v) is 6.51. The minimum Gasteiger partial charge on any atom is -0.460 e. The van der Waals surface area contributed by atoms with Crippen molar-refractivity contribution in [1.29, 1.82) is 0 Å². The van der Waals surface area contributed by atoms with Gasteiger partial charge in [-0.1, -0.05) is 0 Å². The Labute approximate surface area is 144 Å². The third-order valence-electron chi connectivity index (χ3n) is 6.51. The van der Waals surface area contributed by atoms with Crippen LogP contribution in [0.2, 0.25) is 0 Å². The third kappa shape index (κ3) is 3.35. The van der Waals surface area contributed by atoms with Crippen LogP contribution in [0, 0.1) is 11.8 Å². The van der Waals surface area contributed by atoms with Crippen molar-refractivity contribution in [2.24, 2.45) is 11.8 Å². The molecular formula is C19H30O5. The van der Waals surface area contributed by atoms with Gasteiger partial charge in [0.15, 0.2) is 0 Å². The second-order valence-corrected chi connectivity index (χ2v) is 8.73. The van der Waals surface area contributed by atoms with Crippen molar-refractivity contribution in [2.45, 2.75) is 88.8 Å². The van der Waals surface area contributed by atoms with Gasteiger partial charge in [-0.2, -0.15) is 0 Å². The van der Waals surface area contributed by atoms with Crippen LogP contribution in [0.4, 0.5) is 0 Å². The highest BCUT2D eigenvalue weighted by Gasteiger charge is 2.56. The molecule has 2 heterocycles. The van der Waals surface area contributed by atoms with Gasteiger partial charge in [-0.15, -0.1) is 0 Å². The number of carbonyl (C=O) groups excluding carboxylic acids is 1. The number of ether oxygens (including phenoxy) is 4. The molecular weight excluding hydrogens is 308 g/mol. The predicted molar refractivity (Wildman–Crippen MR) is 87.6 cm³/mol. The molecule has 7 atom stereocenters.